The van der Waals surface area contributed by atoms with Crippen molar-refractivity contribution in [2.45, 2.75) is 51.1 Å². The summed E-state index contributed by atoms with van der Waals surface area (Å²) in [6.45, 7) is 1.99. The monoisotopic (exact) mass is 516 g/mol. The Labute approximate surface area is 231 Å². The Morgan fingerprint density at radius 3 is 1.46 bits per heavy atom. The molecule has 2 saturated heterocycles. The lowest BCUT2D eigenvalue weighted by molar-refractivity contribution is -0.122. The second kappa shape index (κ2) is 12.6. The molecule has 0 saturated carbocycles. The van der Waals surface area contributed by atoms with Gasteiger partial charge in [-0.3, -0.25) is 9.59 Å². The molecular formula is C35H36N2O2. The Morgan fingerprint density at radius 2 is 1.05 bits per heavy atom. The van der Waals surface area contributed by atoms with E-state index in [1.165, 1.54) is 33.4 Å². The zero-order valence-corrected chi connectivity index (χ0v) is 22.5. The highest BCUT2D eigenvalue weighted by molar-refractivity contribution is 5.81. The highest BCUT2D eigenvalue weighted by Gasteiger charge is 2.28. The molecule has 198 valence electrons. The topological polar surface area (TPSA) is 58.2 Å². The first-order valence-corrected chi connectivity index (χ1v) is 13.9. The lowest BCUT2D eigenvalue weighted by Gasteiger charge is -2.10. The third-order valence-electron chi connectivity index (χ3n) is 7.60. The van der Waals surface area contributed by atoms with Crippen molar-refractivity contribution in [1.82, 2.24) is 10.6 Å². The second-order valence-electron chi connectivity index (χ2n) is 10.7. The standard InChI is InChI=1S/C18H19NO.C17H17NO/c1-13-11-17(19-18(13)20)12-14-7-9-16(10-8-14)15-5-3-2-4-6-15;19-17-11-10-16(18-17)12-13-6-8-15(9-7-13)14-4-2-1-3-5-14/h2-10,13,17H,11-12H2,1H3,(H,19,20);1-9,16H,10-12H2,(H,18,19)/t13?,17-;16-/m00/s1. The van der Waals surface area contributed by atoms with E-state index in [9.17, 15) is 9.59 Å². The summed E-state index contributed by atoms with van der Waals surface area (Å²) in [6, 6.07) is 38.6. The van der Waals surface area contributed by atoms with Crippen LogP contribution in [0.3, 0.4) is 0 Å². The molecule has 0 aliphatic carbocycles. The minimum atomic E-state index is 0.156. The maximum absolute atomic E-state index is 11.5. The normalized spacial score (nSPS) is 20.1. The molecule has 2 N–H and O–H groups in total. The number of amides is 2. The summed E-state index contributed by atoms with van der Waals surface area (Å²) in [4.78, 5) is 22.7. The van der Waals surface area contributed by atoms with Crippen LogP contribution >= 0.6 is 0 Å². The summed E-state index contributed by atoms with van der Waals surface area (Å²) in [6.07, 6.45) is 4.43. The van der Waals surface area contributed by atoms with Gasteiger partial charge >= 0.3 is 0 Å². The largest absolute Gasteiger partial charge is 0.353 e. The average molecular weight is 517 g/mol. The van der Waals surface area contributed by atoms with Crippen molar-refractivity contribution >= 4 is 11.8 Å². The Balaban J connectivity index is 0.000000158. The van der Waals surface area contributed by atoms with Gasteiger partial charge in [0.05, 0.1) is 0 Å². The van der Waals surface area contributed by atoms with Crippen molar-refractivity contribution in [1.29, 1.82) is 0 Å². The first-order valence-electron chi connectivity index (χ1n) is 13.9. The molecule has 4 aromatic rings. The molecule has 0 spiro atoms. The van der Waals surface area contributed by atoms with E-state index < -0.39 is 0 Å². The molecule has 4 heteroatoms. The molecule has 2 aliphatic heterocycles. The van der Waals surface area contributed by atoms with Crippen molar-refractivity contribution in [3.63, 3.8) is 0 Å². The van der Waals surface area contributed by atoms with Crippen molar-refractivity contribution in [2.75, 3.05) is 0 Å². The molecule has 4 nitrogen and oxygen atoms in total. The van der Waals surface area contributed by atoms with E-state index in [1.807, 2.05) is 19.1 Å². The SMILES string of the molecule is CC1C[C@@H](Cc2ccc(-c3ccccc3)cc2)NC1=O.O=C1CC[C@@H](Cc2ccc(-c3ccccc3)cc2)N1. The van der Waals surface area contributed by atoms with Crippen LogP contribution in [0.4, 0.5) is 0 Å². The second-order valence-corrected chi connectivity index (χ2v) is 10.7. The molecule has 4 aromatic carbocycles. The predicted molar refractivity (Wildman–Crippen MR) is 158 cm³/mol. The summed E-state index contributed by atoms with van der Waals surface area (Å²) < 4.78 is 0. The first-order chi connectivity index (χ1) is 19.0. The van der Waals surface area contributed by atoms with Gasteiger partial charge in [0.25, 0.3) is 0 Å². The van der Waals surface area contributed by atoms with Gasteiger partial charge in [-0.2, -0.15) is 0 Å². The summed E-state index contributed by atoms with van der Waals surface area (Å²) in [5.74, 6) is 0.533. The first kappa shape index (κ1) is 26.4. The van der Waals surface area contributed by atoms with Crippen LogP contribution in [0.25, 0.3) is 22.3 Å². The Hall–Kier alpha value is -4.18. The molecule has 1 unspecified atom stereocenters. The van der Waals surface area contributed by atoms with Crippen LogP contribution in [0.2, 0.25) is 0 Å². The number of benzene rings is 4. The van der Waals surface area contributed by atoms with Crippen molar-refractivity contribution < 1.29 is 9.59 Å². The summed E-state index contributed by atoms with van der Waals surface area (Å²) in [7, 11) is 0. The Kier molecular flexibility index (Phi) is 8.52. The van der Waals surface area contributed by atoms with E-state index in [0.29, 0.717) is 18.5 Å². The van der Waals surface area contributed by atoms with E-state index >= 15 is 0 Å². The fourth-order valence-electron chi connectivity index (χ4n) is 5.40. The van der Waals surface area contributed by atoms with Gasteiger partial charge < -0.3 is 10.6 Å². The minimum Gasteiger partial charge on any atom is -0.353 e. The number of hydrogen-bond acceptors (Lipinski definition) is 2. The van der Waals surface area contributed by atoms with Crippen molar-refractivity contribution in [3.8, 4) is 22.3 Å². The number of rotatable bonds is 6. The Bertz CT molecular complexity index is 1370. The summed E-state index contributed by atoms with van der Waals surface area (Å²) in [5.41, 5.74) is 7.51. The van der Waals surface area contributed by atoms with Crippen LogP contribution < -0.4 is 10.6 Å². The van der Waals surface area contributed by atoms with Gasteiger partial charge in [-0.25, -0.2) is 0 Å². The molecule has 2 amide bonds. The van der Waals surface area contributed by atoms with Gasteiger partial charge in [0.2, 0.25) is 11.8 Å². The lowest BCUT2D eigenvalue weighted by Crippen LogP contribution is -2.27. The van der Waals surface area contributed by atoms with Crippen molar-refractivity contribution in [3.05, 3.63) is 120 Å². The van der Waals surface area contributed by atoms with Crippen LogP contribution in [0, 0.1) is 5.92 Å². The number of carbonyl (C=O) groups is 2. The van der Waals surface area contributed by atoms with Gasteiger partial charge in [0.15, 0.2) is 0 Å². The molecule has 2 aliphatic rings. The van der Waals surface area contributed by atoms with Crippen LogP contribution in [-0.4, -0.2) is 23.9 Å². The lowest BCUT2D eigenvalue weighted by atomic mass is 9.98. The number of carbonyl (C=O) groups excluding carboxylic acids is 2. The molecule has 0 aromatic heterocycles. The van der Waals surface area contributed by atoms with E-state index in [1.54, 1.807) is 0 Å². The fourth-order valence-corrected chi connectivity index (χ4v) is 5.40. The fraction of sp³-hybridized carbons (Fsp3) is 0.257. The Morgan fingerprint density at radius 1 is 0.590 bits per heavy atom. The van der Waals surface area contributed by atoms with Gasteiger partial charge in [0, 0.05) is 24.4 Å². The van der Waals surface area contributed by atoms with E-state index in [0.717, 1.165) is 25.7 Å². The zero-order valence-electron chi connectivity index (χ0n) is 22.5. The summed E-state index contributed by atoms with van der Waals surface area (Å²) in [5, 5.41) is 6.07. The molecule has 2 fully saturated rings. The molecule has 2 heterocycles. The van der Waals surface area contributed by atoms with Crippen molar-refractivity contribution in [2.24, 2.45) is 5.92 Å². The zero-order chi connectivity index (χ0) is 27.0. The minimum absolute atomic E-state index is 0.156. The van der Waals surface area contributed by atoms with Crippen LogP contribution in [0.5, 0.6) is 0 Å². The van der Waals surface area contributed by atoms with Gasteiger partial charge in [-0.15, -0.1) is 0 Å². The maximum Gasteiger partial charge on any atom is 0.223 e. The number of nitrogens with one attached hydrogen (secondary N) is 2. The van der Waals surface area contributed by atoms with E-state index in [4.69, 9.17) is 0 Å². The molecular weight excluding hydrogens is 480 g/mol. The molecule has 0 radical (unpaired) electrons. The molecule has 0 bridgehead atoms. The predicted octanol–water partition coefficient (Wildman–Crippen LogP) is 6.60. The molecule has 3 atom stereocenters. The number of hydrogen-bond donors (Lipinski definition) is 2. The quantitative estimate of drug-likeness (QED) is 0.304. The highest BCUT2D eigenvalue weighted by atomic mass is 16.2. The third-order valence-corrected chi connectivity index (χ3v) is 7.60. The van der Waals surface area contributed by atoms with E-state index in [2.05, 4.69) is 108 Å². The maximum atomic E-state index is 11.5. The van der Waals surface area contributed by atoms with Crippen LogP contribution in [0.1, 0.15) is 37.3 Å². The molecule has 39 heavy (non-hydrogen) atoms. The average Bonchev–Trinajstić information content (AvgIpc) is 3.53. The van der Waals surface area contributed by atoms with Gasteiger partial charge in [-0.1, -0.05) is 116 Å². The third kappa shape index (κ3) is 7.23. The smallest absolute Gasteiger partial charge is 0.223 e. The highest BCUT2D eigenvalue weighted by Crippen LogP contribution is 2.23. The van der Waals surface area contributed by atoms with E-state index in [-0.39, 0.29) is 17.7 Å². The van der Waals surface area contributed by atoms with Gasteiger partial charge in [-0.05, 0) is 59.1 Å². The summed E-state index contributed by atoms with van der Waals surface area (Å²) >= 11 is 0. The van der Waals surface area contributed by atoms with Crippen LogP contribution in [-0.2, 0) is 22.4 Å². The molecule has 6 rings (SSSR count). The van der Waals surface area contributed by atoms with Gasteiger partial charge in [0.1, 0.15) is 0 Å². The van der Waals surface area contributed by atoms with Crippen LogP contribution in [0.15, 0.2) is 109 Å².